The molecule has 1 saturated heterocycles. The van der Waals surface area contributed by atoms with Gasteiger partial charge in [0.1, 0.15) is 0 Å². The summed E-state index contributed by atoms with van der Waals surface area (Å²) in [6, 6.07) is 11.1. The molecule has 1 unspecified atom stereocenters. The number of hydrogen-bond donors (Lipinski definition) is 0. The quantitative estimate of drug-likeness (QED) is 0.446. The highest BCUT2D eigenvalue weighted by Gasteiger charge is 2.37. The van der Waals surface area contributed by atoms with Crippen molar-refractivity contribution in [1.82, 2.24) is 4.90 Å². The van der Waals surface area contributed by atoms with E-state index < -0.39 is 6.09 Å². The van der Waals surface area contributed by atoms with Gasteiger partial charge in [-0.15, -0.1) is 0 Å². The van der Waals surface area contributed by atoms with Gasteiger partial charge < -0.3 is 33.3 Å². The van der Waals surface area contributed by atoms with Crippen LogP contribution in [0.2, 0.25) is 0 Å². The van der Waals surface area contributed by atoms with Crippen LogP contribution in [0.15, 0.2) is 36.4 Å². The minimum Gasteiger partial charge on any atom is -0.493 e. The Kier molecular flexibility index (Phi) is 9.19. The van der Waals surface area contributed by atoms with Crippen molar-refractivity contribution >= 4 is 12.1 Å². The summed E-state index contributed by atoms with van der Waals surface area (Å²) >= 11 is 0. The first kappa shape index (κ1) is 26.2. The molecular formula is C26H33NO8. The van der Waals surface area contributed by atoms with Crippen LogP contribution < -0.4 is 18.9 Å². The average molecular weight is 488 g/mol. The molecule has 2 aromatic carbocycles. The van der Waals surface area contributed by atoms with Crippen LogP contribution in [0.25, 0.3) is 0 Å². The first-order chi connectivity index (χ1) is 16.9. The molecule has 9 heteroatoms. The molecule has 35 heavy (non-hydrogen) atoms. The number of ether oxygens (including phenoxy) is 6. The molecule has 0 aromatic heterocycles. The van der Waals surface area contributed by atoms with Crippen molar-refractivity contribution < 1.29 is 38.0 Å². The summed E-state index contributed by atoms with van der Waals surface area (Å²) in [5.41, 5.74) is 1.92. The van der Waals surface area contributed by atoms with Crippen LogP contribution in [0.4, 0.5) is 4.79 Å². The third-order valence-electron chi connectivity index (χ3n) is 6.08. The Labute approximate surface area is 205 Å². The Morgan fingerprint density at radius 3 is 2.14 bits per heavy atom. The van der Waals surface area contributed by atoms with Crippen LogP contribution in [0.5, 0.6) is 23.0 Å². The third kappa shape index (κ3) is 6.57. The fourth-order valence-electron chi connectivity index (χ4n) is 4.04. The van der Waals surface area contributed by atoms with Crippen molar-refractivity contribution in [3.63, 3.8) is 0 Å². The lowest BCUT2D eigenvalue weighted by Gasteiger charge is -2.19. The number of carbonyl (C=O) groups is 2. The maximum absolute atomic E-state index is 12.5. The summed E-state index contributed by atoms with van der Waals surface area (Å²) in [5, 5.41) is 0. The average Bonchev–Trinajstić information content (AvgIpc) is 3.21. The number of rotatable bonds is 11. The molecular weight excluding hydrogens is 454 g/mol. The van der Waals surface area contributed by atoms with Crippen molar-refractivity contribution in [3.8, 4) is 23.0 Å². The van der Waals surface area contributed by atoms with Gasteiger partial charge >= 0.3 is 12.1 Å². The van der Waals surface area contributed by atoms with E-state index in [9.17, 15) is 9.59 Å². The highest BCUT2D eigenvalue weighted by atomic mass is 16.6. The monoisotopic (exact) mass is 487 g/mol. The van der Waals surface area contributed by atoms with Gasteiger partial charge in [-0.1, -0.05) is 12.1 Å². The van der Waals surface area contributed by atoms with E-state index in [0.717, 1.165) is 11.1 Å². The van der Waals surface area contributed by atoms with E-state index in [-0.39, 0.29) is 17.8 Å². The van der Waals surface area contributed by atoms with E-state index in [1.54, 1.807) is 40.5 Å². The molecule has 1 aliphatic rings. The highest BCUT2D eigenvalue weighted by Crippen LogP contribution is 2.35. The summed E-state index contributed by atoms with van der Waals surface area (Å²) in [7, 11) is 7.90. The van der Waals surface area contributed by atoms with Crippen LogP contribution in [0.3, 0.4) is 0 Å². The number of cyclic esters (lactones) is 1. The van der Waals surface area contributed by atoms with E-state index >= 15 is 0 Å². The van der Waals surface area contributed by atoms with Crippen molar-refractivity contribution in [2.24, 2.45) is 11.8 Å². The molecule has 2 aromatic rings. The Hall–Kier alpha value is -3.46. The van der Waals surface area contributed by atoms with Gasteiger partial charge in [-0.25, -0.2) is 4.79 Å². The SMILES string of the molecule is COCCN(C)C(=O)Oc1ccc(C[C@H]2C(=O)OCC2Cc2ccc(OC)c(OC)c2)cc1OC. The van der Waals surface area contributed by atoms with Crippen LogP contribution in [0, 0.1) is 11.8 Å². The topological polar surface area (TPSA) is 92.8 Å². The maximum Gasteiger partial charge on any atom is 0.415 e. The lowest BCUT2D eigenvalue weighted by atomic mass is 9.85. The Morgan fingerprint density at radius 1 is 0.914 bits per heavy atom. The number of benzene rings is 2. The van der Waals surface area contributed by atoms with Gasteiger partial charge in [-0.2, -0.15) is 0 Å². The van der Waals surface area contributed by atoms with Gasteiger partial charge in [0.05, 0.1) is 40.5 Å². The second-order valence-electron chi connectivity index (χ2n) is 8.36. The van der Waals surface area contributed by atoms with Crippen LogP contribution >= 0.6 is 0 Å². The standard InChI is InChI=1S/C26H33NO8/c1-27(10-11-30-2)26(29)35-22-9-7-18(15-24(22)33-5)13-20-19(16-34-25(20)28)12-17-6-8-21(31-3)23(14-17)32-4/h6-9,14-15,19-20H,10-13,16H2,1-5H3/t19?,20-/m1/s1. The number of hydrogen-bond acceptors (Lipinski definition) is 8. The minimum atomic E-state index is -0.512. The molecule has 0 saturated carbocycles. The summed E-state index contributed by atoms with van der Waals surface area (Å²) in [6.45, 7) is 1.17. The molecule has 0 N–H and O–H groups in total. The molecule has 1 amide bonds. The minimum absolute atomic E-state index is 0.0125. The maximum atomic E-state index is 12.5. The van der Waals surface area contributed by atoms with Crippen molar-refractivity contribution in [2.45, 2.75) is 12.8 Å². The normalized spacial score (nSPS) is 17.0. The lowest BCUT2D eigenvalue weighted by molar-refractivity contribution is -0.141. The summed E-state index contributed by atoms with van der Waals surface area (Å²) in [6.07, 6.45) is 0.634. The van der Waals surface area contributed by atoms with Gasteiger partial charge in [0, 0.05) is 26.6 Å². The number of esters is 1. The zero-order chi connectivity index (χ0) is 25.4. The Balaban J connectivity index is 1.70. The number of amides is 1. The van der Waals surface area contributed by atoms with E-state index in [4.69, 9.17) is 28.4 Å². The zero-order valence-corrected chi connectivity index (χ0v) is 20.9. The predicted octanol–water partition coefficient (Wildman–Crippen LogP) is 3.36. The fraction of sp³-hybridized carbons (Fsp3) is 0.462. The number of carbonyl (C=O) groups excluding carboxylic acids is 2. The number of likely N-dealkylation sites (N-methyl/N-ethyl adjacent to an activating group) is 1. The number of methoxy groups -OCH3 is 4. The van der Waals surface area contributed by atoms with E-state index in [1.807, 2.05) is 24.3 Å². The van der Waals surface area contributed by atoms with Crippen molar-refractivity contribution in [2.75, 3.05) is 55.2 Å². The molecule has 1 aliphatic heterocycles. The predicted molar refractivity (Wildman–Crippen MR) is 128 cm³/mol. The molecule has 0 spiro atoms. The van der Waals surface area contributed by atoms with Crippen molar-refractivity contribution in [3.05, 3.63) is 47.5 Å². The second kappa shape index (κ2) is 12.3. The molecule has 1 fully saturated rings. The third-order valence-corrected chi connectivity index (χ3v) is 6.08. The molecule has 9 nitrogen and oxygen atoms in total. The molecule has 1 heterocycles. The summed E-state index contributed by atoms with van der Waals surface area (Å²) in [5.74, 6) is 1.52. The van der Waals surface area contributed by atoms with E-state index in [1.165, 1.54) is 12.0 Å². The Bertz CT molecular complexity index is 1020. The molecule has 0 bridgehead atoms. The lowest BCUT2D eigenvalue weighted by Crippen LogP contribution is -2.32. The summed E-state index contributed by atoms with van der Waals surface area (Å²) < 4.78 is 32.0. The van der Waals surface area contributed by atoms with Crippen LogP contribution in [0.1, 0.15) is 11.1 Å². The molecule has 2 atom stereocenters. The first-order valence-electron chi connectivity index (χ1n) is 11.4. The first-order valence-corrected chi connectivity index (χ1v) is 11.4. The fourth-order valence-corrected chi connectivity index (χ4v) is 4.04. The second-order valence-corrected chi connectivity index (χ2v) is 8.36. The van der Waals surface area contributed by atoms with Gasteiger partial charge in [-0.05, 0) is 48.2 Å². The van der Waals surface area contributed by atoms with E-state index in [0.29, 0.717) is 55.6 Å². The summed E-state index contributed by atoms with van der Waals surface area (Å²) in [4.78, 5) is 26.3. The van der Waals surface area contributed by atoms with Crippen LogP contribution in [-0.2, 0) is 27.1 Å². The Morgan fingerprint density at radius 2 is 1.51 bits per heavy atom. The molecule has 3 rings (SSSR count). The van der Waals surface area contributed by atoms with Gasteiger partial charge in [0.15, 0.2) is 23.0 Å². The smallest absolute Gasteiger partial charge is 0.415 e. The number of nitrogens with zero attached hydrogens (tertiary/aromatic N) is 1. The van der Waals surface area contributed by atoms with Gasteiger partial charge in [0.25, 0.3) is 0 Å². The molecule has 190 valence electrons. The zero-order valence-electron chi connectivity index (χ0n) is 20.9. The van der Waals surface area contributed by atoms with E-state index in [2.05, 4.69) is 0 Å². The van der Waals surface area contributed by atoms with Gasteiger partial charge in [-0.3, -0.25) is 4.79 Å². The van der Waals surface area contributed by atoms with Crippen LogP contribution in [-0.4, -0.2) is 72.2 Å². The van der Waals surface area contributed by atoms with Crippen molar-refractivity contribution in [1.29, 1.82) is 0 Å². The molecule has 0 aliphatic carbocycles. The molecule has 0 radical (unpaired) electrons. The largest absolute Gasteiger partial charge is 0.493 e. The van der Waals surface area contributed by atoms with Gasteiger partial charge in [0.2, 0.25) is 0 Å². The highest BCUT2D eigenvalue weighted by molar-refractivity contribution is 5.75.